The maximum Gasteiger partial charge on any atom is 0.191 e. The van der Waals surface area contributed by atoms with Crippen LogP contribution in [0.15, 0.2) is 29.3 Å². The Hall–Kier alpha value is -1.35. The fourth-order valence-electron chi connectivity index (χ4n) is 2.58. The Morgan fingerprint density at radius 1 is 1.14 bits per heavy atom. The molecule has 0 spiro atoms. The summed E-state index contributed by atoms with van der Waals surface area (Å²) in [5.41, 5.74) is 2.41. The van der Waals surface area contributed by atoms with Gasteiger partial charge in [0.25, 0.3) is 0 Å². The molecule has 28 heavy (non-hydrogen) atoms. The molecule has 1 aromatic carbocycles. The molecule has 0 aliphatic rings. The summed E-state index contributed by atoms with van der Waals surface area (Å²) in [6, 6.07) is 8.31. The number of nitrogens with one attached hydrogen (secondary N) is 2. The largest absolute Gasteiger partial charge is 0.491 e. The number of halogens is 1. The van der Waals surface area contributed by atoms with Crippen molar-refractivity contribution in [3.05, 3.63) is 45.4 Å². The molecule has 0 bridgehead atoms. The predicted molar refractivity (Wildman–Crippen MR) is 131 cm³/mol. The summed E-state index contributed by atoms with van der Waals surface area (Å²) >= 11 is 1.77. The number of rotatable bonds is 9. The molecular weight excluding hydrogens is 483 g/mol. The normalized spacial score (nSPS) is 11.3. The molecule has 0 radical (unpaired) electrons. The van der Waals surface area contributed by atoms with Gasteiger partial charge in [-0.15, -0.1) is 35.3 Å². The average molecular weight is 516 g/mol. The van der Waals surface area contributed by atoms with E-state index in [1.807, 2.05) is 26.0 Å². The van der Waals surface area contributed by atoms with Crippen LogP contribution in [-0.4, -0.2) is 36.7 Å². The standard InChI is InChI=1S/C21H32N4OS.HI/c1-6-22-21(24-14-12-20-25-16(4)17(5)27-20)23-13-11-18-7-9-19(10-8-18)26-15(2)3;/h7-10,15H,6,11-14H2,1-5H3,(H2,22,23,24);1H. The quantitative estimate of drug-likeness (QED) is 0.293. The third-order valence-corrected chi connectivity index (χ3v) is 5.15. The number of thiazole rings is 1. The highest BCUT2D eigenvalue weighted by Crippen LogP contribution is 2.16. The molecule has 7 heteroatoms. The number of ether oxygens (including phenoxy) is 1. The second-order valence-electron chi connectivity index (χ2n) is 6.75. The fraction of sp³-hybridized carbons (Fsp3) is 0.524. The van der Waals surface area contributed by atoms with E-state index in [-0.39, 0.29) is 30.1 Å². The summed E-state index contributed by atoms with van der Waals surface area (Å²) in [7, 11) is 0. The monoisotopic (exact) mass is 516 g/mol. The number of benzene rings is 1. The molecule has 2 N–H and O–H groups in total. The molecule has 0 fully saturated rings. The molecule has 0 aliphatic carbocycles. The van der Waals surface area contributed by atoms with Gasteiger partial charge in [-0.05, 0) is 58.7 Å². The lowest BCUT2D eigenvalue weighted by Crippen LogP contribution is -2.38. The van der Waals surface area contributed by atoms with Crippen LogP contribution >= 0.6 is 35.3 Å². The molecule has 0 unspecified atom stereocenters. The molecule has 0 saturated carbocycles. The third kappa shape index (κ3) is 8.77. The topological polar surface area (TPSA) is 58.5 Å². The van der Waals surface area contributed by atoms with E-state index in [1.54, 1.807) is 11.3 Å². The van der Waals surface area contributed by atoms with E-state index in [4.69, 9.17) is 4.74 Å². The highest BCUT2D eigenvalue weighted by atomic mass is 127. The lowest BCUT2D eigenvalue weighted by atomic mass is 10.1. The minimum Gasteiger partial charge on any atom is -0.491 e. The molecule has 1 heterocycles. The van der Waals surface area contributed by atoms with Crippen molar-refractivity contribution in [1.29, 1.82) is 0 Å². The Morgan fingerprint density at radius 2 is 1.86 bits per heavy atom. The number of aliphatic imine (C=N–C) groups is 1. The predicted octanol–water partition coefficient (Wildman–Crippen LogP) is 4.51. The lowest BCUT2D eigenvalue weighted by Gasteiger charge is -2.12. The smallest absolute Gasteiger partial charge is 0.191 e. The second kappa shape index (κ2) is 13.0. The fourth-order valence-corrected chi connectivity index (χ4v) is 3.51. The zero-order valence-electron chi connectivity index (χ0n) is 17.5. The summed E-state index contributed by atoms with van der Waals surface area (Å²) in [5.74, 6) is 1.78. The summed E-state index contributed by atoms with van der Waals surface area (Å²) in [5, 5.41) is 7.87. The molecule has 0 atom stereocenters. The Balaban J connectivity index is 0.00000392. The minimum atomic E-state index is 0. The van der Waals surface area contributed by atoms with Gasteiger partial charge in [-0.3, -0.25) is 4.99 Å². The molecule has 0 saturated heterocycles. The number of guanidine groups is 1. The SMILES string of the molecule is CCNC(=NCCc1nc(C)c(C)s1)NCCc1ccc(OC(C)C)cc1.I. The van der Waals surface area contributed by atoms with Crippen LogP contribution in [0.4, 0.5) is 0 Å². The zero-order valence-corrected chi connectivity index (χ0v) is 20.7. The van der Waals surface area contributed by atoms with Crippen molar-refractivity contribution in [1.82, 2.24) is 15.6 Å². The van der Waals surface area contributed by atoms with Gasteiger partial charge in [0.2, 0.25) is 0 Å². The molecule has 2 rings (SSSR count). The first kappa shape index (κ1) is 24.7. The number of aromatic nitrogens is 1. The summed E-state index contributed by atoms with van der Waals surface area (Å²) in [6.07, 6.45) is 2.03. The van der Waals surface area contributed by atoms with Gasteiger partial charge >= 0.3 is 0 Å². The van der Waals surface area contributed by atoms with Gasteiger partial charge in [0.1, 0.15) is 5.75 Å². The van der Waals surface area contributed by atoms with Gasteiger partial charge in [-0.1, -0.05) is 12.1 Å². The first-order valence-corrected chi connectivity index (χ1v) is 10.5. The Labute approximate surface area is 190 Å². The van der Waals surface area contributed by atoms with Gasteiger partial charge < -0.3 is 15.4 Å². The maximum absolute atomic E-state index is 5.68. The van der Waals surface area contributed by atoms with Crippen LogP contribution in [0.3, 0.4) is 0 Å². The molecule has 0 amide bonds. The number of aryl methyl sites for hydroxylation is 2. The minimum absolute atomic E-state index is 0. The van der Waals surface area contributed by atoms with Crippen molar-refractivity contribution in [3.63, 3.8) is 0 Å². The van der Waals surface area contributed by atoms with Gasteiger partial charge in [-0.2, -0.15) is 0 Å². The number of hydrogen-bond acceptors (Lipinski definition) is 4. The van der Waals surface area contributed by atoms with E-state index in [0.717, 1.165) is 54.9 Å². The molecule has 2 aromatic rings. The van der Waals surface area contributed by atoms with Gasteiger partial charge in [-0.25, -0.2) is 4.98 Å². The van der Waals surface area contributed by atoms with Gasteiger partial charge in [0, 0.05) is 30.9 Å². The zero-order chi connectivity index (χ0) is 19.6. The van der Waals surface area contributed by atoms with Crippen LogP contribution in [0, 0.1) is 13.8 Å². The van der Waals surface area contributed by atoms with Crippen LogP contribution in [0.5, 0.6) is 5.75 Å². The highest BCUT2D eigenvalue weighted by Gasteiger charge is 2.04. The molecule has 1 aromatic heterocycles. The van der Waals surface area contributed by atoms with E-state index < -0.39 is 0 Å². The summed E-state index contributed by atoms with van der Waals surface area (Å²) < 4.78 is 5.68. The number of nitrogens with zero attached hydrogens (tertiary/aromatic N) is 2. The Kier molecular flexibility index (Phi) is 11.4. The van der Waals surface area contributed by atoms with Crippen molar-refractivity contribution < 1.29 is 4.74 Å². The van der Waals surface area contributed by atoms with Crippen molar-refractivity contribution in [2.24, 2.45) is 4.99 Å². The van der Waals surface area contributed by atoms with Crippen molar-refractivity contribution in [3.8, 4) is 5.75 Å². The Morgan fingerprint density at radius 3 is 2.43 bits per heavy atom. The average Bonchev–Trinajstić information content (AvgIpc) is 2.94. The van der Waals surface area contributed by atoms with E-state index in [1.165, 1.54) is 10.4 Å². The second-order valence-corrected chi connectivity index (χ2v) is 8.03. The molecule has 0 aliphatic heterocycles. The molecular formula is C21H33IN4OS. The summed E-state index contributed by atoms with van der Waals surface area (Å²) in [6.45, 7) is 12.8. The summed E-state index contributed by atoms with van der Waals surface area (Å²) in [4.78, 5) is 10.5. The van der Waals surface area contributed by atoms with Crippen LogP contribution < -0.4 is 15.4 Å². The molecule has 156 valence electrons. The Bertz CT molecular complexity index is 709. The van der Waals surface area contributed by atoms with Crippen LogP contribution in [0.2, 0.25) is 0 Å². The highest BCUT2D eigenvalue weighted by molar-refractivity contribution is 14.0. The first-order valence-electron chi connectivity index (χ1n) is 9.68. The van der Waals surface area contributed by atoms with E-state index in [0.29, 0.717) is 0 Å². The third-order valence-electron chi connectivity index (χ3n) is 4.01. The van der Waals surface area contributed by atoms with Crippen molar-refractivity contribution >= 4 is 41.3 Å². The van der Waals surface area contributed by atoms with Gasteiger partial charge in [0.05, 0.1) is 16.8 Å². The van der Waals surface area contributed by atoms with E-state index in [2.05, 4.69) is 53.5 Å². The van der Waals surface area contributed by atoms with E-state index >= 15 is 0 Å². The van der Waals surface area contributed by atoms with Crippen LogP contribution in [0.1, 0.15) is 41.9 Å². The van der Waals surface area contributed by atoms with Crippen LogP contribution in [0.25, 0.3) is 0 Å². The first-order chi connectivity index (χ1) is 13.0. The van der Waals surface area contributed by atoms with Gasteiger partial charge in [0.15, 0.2) is 5.96 Å². The molecule has 5 nitrogen and oxygen atoms in total. The van der Waals surface area contributed by atoms with Crippen molar-refractivity contribution in [2.75, 3.05) is 19.6 Å². The lowest BCUT2D eigenvalue weighted by molar-refractivity contribution is 0.242. The number of hydrogen-bond donors (Lipinski definition) is 2. The maximum atomic E-state index is 5.68. The van der Waals surface area contributed by atoms with Crippen LogP contribution in [-0.2, 0) is 12.8 Å². The van der Waals surface area contributed by atoms with E-state index in [9.17, 15) is 0 Å². The van der Waals surface area contributed by atoms with Crippen molar-refractivity contribution in [2.45, 2.75) is 53.6 Å².